The summed E-state index contributed by atoms with van der Waals surface area (Å²) in [6.45, 7) is 5.73. The van der Waals surface area contributed by atoms with E-state index in [4.69, 9.17) is 5.73 Å². The summed E-state index contributed by atoms with van der Waals surface area (Å²) in [6, 6.07) is 3.32. The van der Waals surface area contributed by atoms with Crippen LogP contribution in [-0.2, 0) is 0 Å². The Morgan fingerprint density at radius 2 is 2.00 bits per heavy atom. The van der Waals surface area contributed by atoms with Gasteiger partial charge in [0.15, 0.2) is 0 Å². The van der Waals surface area contributed by atoms with Crippen molar-refractivity contribution in [2.24, 2.45) is 0 Å². The van der Waals surface area contributed by atoms with Crippen LogP contribution in [0.15, 0.2) is 16.9 Å². The van der Waals surface area contributed by atoms with E-state index in [1.807, 2.05) is 20.8 Å². The highest BCUT2D eigenvalue weighted by molar-refractivity contribution is 5.78. The molecule has 0 atom stereocenters. The highest BCUT2D eigenvalue weighted by Gasteiger charge is 2.10. The lowest BCUT2D eigenvalue weighted by atomic mass is 10.2. The second-order valence-corrected chi connectivity index (χ2v) is 4.04. The number of pyridine rings is 1. The zero-order chi connectivity index (χ0) is 11.9. The molecular weight excluding hydrogens is 204 g/mol. The Bertz CT molecular complexity index is 601. The van der Waals surface area contributed by atoms with Crippen molar-refractivity contribution >= 4 is 17.0 Å². The number of hydrogen-bond acceptors (Lipinski definition) is 4. The summed E-state index contributed by atoms with van der Waals surface area (Å²) in [5.41, 5.74) is 6.93. The summed E-state index contributed by atoms with van der Waals surface area (Å²) < 4.78 is 1.63. The topological polar surface area (TPSA) is 73.8 Å². The molecule has 5 heteroatoms. The number of aromatic nitrogens is 3. The van der Waals surface area contributed by atoms with Gasteiger partial charge in [0.1, 0.15) is 5.65 Å². The third-order valence-electron chi connectivity index (χ3n) is 2.51. The van der Waals surface area contributed by atoms with Crippen LogP contribution in [0, 0.1) is 6.92 Å². The highest BCUT2D eigenvalue weighted by atomic mass is 16.1. The summed E-state index contributed by atoms with van der Waals surface area (Å²) in [4.78, 5) is 20.0. The molecule has 2 N–H and O–H groups in total. The van der Waals surface area contributed by atoms with Crippen LogP contribution in [0.3, 0.4) is 0 Å². The number of aryl methyl sites for hydroxylation is 1. The molecule has 2 heterocycles. The Kier molecular flexibility index (Phi) is 2.38. The summed E-state index contributed by atoms with van der Waals surface area (Å²) >= 11 is 0. The van der Waals surface area contributed by atoms with Crippen LogP contribution >= 0.6 is 0 Å². The first kappa shape index (κ1) is 10.6. The molecule has 0 spiro atoms. The number of fused-ring (bicyclic) bond motifs is 1. The molecule has 0 radical (unpaired) electrons. The Morgan fingerprint density at radius 3 is 2.62 bits per heavy atom. The van der Waals surface area contributed by atoms with Crippen molar-refractivity contribution in [2.45, 2.75) is 26.8 Å². The molecule has 2 aromatic rings. The largest absolute Gasteiger partial charge is 0.368 e. The van der Waals surface area contributed by atoms with Crippen molar-refractivity contribution in [2.75, 3.05) is 5.73 Å². The van der Waals surface area contributed by atoms with Gasteiger partial charge in [-0.25, -0.2) is 4.98 Å². The minimum Gasteiger partial charge on any atom is -0.368 e. The monoisotopic (exact) mass is 218 g/mol. The average molecular weight is 218 g/mol. The second kappa shape index (κ2) is 3.59. The van der Waals surface area contributed by atoms with E-state index >= 15 is 0 Å². The number of anilines is 1. The maximum Gasteiger partial charge on any atom is 0.252 e. The maximum atomic E-state index is 11.8. The van der Waals surface area contributed by atoms with Crippen molar-refractivity contribution in [1.29, 1.82) is 0 Å². The third kappa shape index (κ3) is 1.54. The first-order valence-corrected chi connectivity index (χ1v) is 5.16. The van der Waals surface area contributed by atoms with Crippen molar-refractivity contribution in [3.63, 3.8) is 0 Å². The molecule has 0 aliphatic rings. The number of nitrogens with two attached hydrogens (primary N) is 1. The molecular formula is C11H14N4O. The molecule has 0 amide bonds. The average Bonchev–Trinajstić information content (AvgIpc) is 2.15. The quantitative estimate of drug-likeness (QED) is 0.782. The van der Waals surface area contributed by atoms with E-state index in [2.05, 4.69) is 9.97 Å². The standard InChI is InChI=1S/C11H14N4O/c1-6(2)15-9(16)5-4-8-7(3)13-11(12)14-10(8)15/h4-6H,1-3H3,(H2,12,13,14). The van der Waals surface area contributed by atoms with Gasteiger partial charge < -0.3 is 5.73 Å². The molecule has 0 saturated heterocycles. The van der Waals surface area contributed by atoms with Gasteiger partial charge in [-0.1, -0.05) is 0 Å². The molecule has 0 unspecified atom stereocenters. The lowest BCUT2D eigenvalue weighted by Crippen LogP contribution is -2.22. The Labute approximate surface area is 92.9 Å². The molecule has 0 aromatic carbocycles. The van der Waals surface area contributed by atoms with Crippen molar-refractivity contribution in [3.05, 3.63) is 28.2 Å². The molecule has 16 heavy (non-hydrogen) atoms. The number of hydrogen-bond donors (Lipinski definition) is 1. The zero-order valence-electron chi connectivity index (χ0n) is 9.56. The summed E-state index contributed by atoms with van der Waals surface area (Å²) in [6.07, 6.45) is 0. The van der Waals surface area contributed by atoms with Crippen LogP contribution in [0.2, 0.25) is 0 Å². The van der Waals surface area contributed by atoms with Gasteiger partial charge in [-0.15, -0.1) is 0 Å². The van der Waals surface area contributed by atoms with Crippen LogP contribution in [0.25, 0.3) is 11.0 Å². The molecule has 0 aliphatic carbocycles. The highest BCUT2D eigenvalue weighted by Crippen LogP contribution is 2.16. The van der Waals surface area contributed by atoms with Gasteiger partial charge in [-0.05, 0) is 26.8 Å². The van der Waals surface area contributed by atoms with Gasteiger partial charge in [0, 0.05) is 17.5 Å². The first-order chi connectivity index (χ1) is 7.50. The maximum absolute atomic E-state index is 11.8. The Hall–Kier alpha value is -1.91. The fourth-order valence-corrected chi connectivity index (χ4v) is 1.80. The predicted molar refractivity (Wildman–Crippen MR) is 63.3 cm³/mol. The lowest BCUT2D eigenvalue weighted by Gasteiger charge is -2.13. The van der Waals surface area contributed by atoms with Gasteiger partial charge >= 0.3 is 0 Å². The Balaban J connectivity index is 2.97. The number of nitrogen functional groups attached to an aromatic ring is 1. The predicted octanol–water partition coefficient (Wildman–Crippen LogP) is 1.26. The molecule has 5 nitrogen and oxygen atoms in total. The molecule has 84 valence electrons. The summed E-state index contributed by atoms with van der Waals surface area (Å²) in [5.74, 6) is 0.199. The molecule has 0 saturated carbocycles. The summed E-state index contributed by atoms with van der Waals surface area (Å²) in [5, 5.41) is 0.863. The third-order valence-corrected chi connectivity index (χ3v) is 2.51. The molecule has 0 bridgehead atoms. The lowest BCUT2D eigenvalue weighted by molar-refractivity contribution is 0.595. The fraction of sp³-hybridized carbons (Fsp3) is 0.364. The van der Waals surface area contributed by atoms with Crippen LogP contribution in [0.4, 0.5) is 5.95 Å². The normalized spacial score (nSPS) is 11.2. The van der Waals surface area contributed by atoms with E-state index in [1.54, 1.807) is 10.6 Å². The van der Waals surface area contributed by atoms with E-state index in [-0.39, 0.29) is 17.5 Å². The van der Waals surface area contributed by atoms with Crippen LogP contribution in [-0.4, -0.2) is 14.5 Å². The van der Waals surface area contributed by atoms with E-state index in [9.17, 15) is 4.79 Å². The molecule has 0 fully saturated rings. The zero-order valence-corrected chi connectivity index (χ0v) is 9.56. The van der Waals surface area contributed by atoms with Gasteiger partial charge in [0.2, 0.25) is 5.95 Å². The molecule has 2 rings (SSSR count). The molecule has 0 aliphatic heterocycles. The van der Waals surface area contributed by atoms with E-state index in [0.717, 1.165) is 11.1 Å². The van der Waals surface area contributed by atoms with Gasteiger partial charge in [0.05, 0.1) is 5.69 Å². The molecule has 2 aromatic heterocycles. The second-order valence-electron chi connectivity index (χ2n) is 4.04. The SMILES string of the molecule is Cc1nc(N)nc2c1ccc(=O)n2C(C)C. The van der Waals surface area contributed by atoms with E-state index in [0.29, 0.717) is 5.65 Å². The van der Waals surface area contributed by atoms with Gasteiger partial charge in [-0.3, -0.25) is 9.36 Å². The van der Waals surface area contributed by atoms with Crippen molar-refractivity contribution in [3.8, 4) is 0 Å². The number of rotatable bonds is 1. The van der Waals surface area contributed by atoms with Crippen LogP contribution < -0.4 is 11.3 Å². The van der Waals surface area contributed by atoms with Crippen molar-refractivity contribution < 1.29 is 0 Å². The fourth-order valence-electron chi connectivity index (χ4n) is 1.80. The number of nitrogens with zero attached hydrogens (tertiary/aromatic N) is 3. The Morgan fingerprint density at radius 1 is 1.31 bits per heavy atom. The smallest absolute Gasteiger partial charge is 0.252 e. The first-order valence-electron chi connectivity index (χ1n) is 5.16. The minimum absolute atomic E-state index is 0.0462. The van der Waals surface area contributed by atoms with E-state index < -0.39 is 0 Å². The minimum atomic E-state index is -0.0694. The summed E-state index contributed by atoms with van der Waals surface area (Å²) in [7, 11) is 0. The van der Waals surface area contributed by atoms with Gasteiger partial charge in [0.25, 0.3) is 5.56 Å². The van der Waals surface area contributed by atoms with Gasteiger partial charge in [-0.2, -0.15) is 4.98 Å². The van der Waals surface area contributed by atoms with Crippen LogP contribution in [0.5, 0.6) is 0 Å². The van der Waals surface area contributed by atoms with E-state index in [1.165, 1.54) is 6.07 Å². The van der Waals surface area contributed by atoms with Crippen LogP contribution in [0.1, 0.15) is 25.6 Å². The van der Waals surface area contributed by atoms with Crippen molar-refractivity contribution in [1.82, 2.24) is 14.5 Å².